The molecule has 2 aliphatic heterocycles. The van der Waals surface area contributed by atoms with Crippen LogP contribution in [-0.4, -0.2) is 46.9 Å². The van der Waals surface area contributed by atoms with E-state index in [4.69, 9.17) is 44.9 Å². The first-order valence-corrected chi connectivity index (χ1v) is 12.2. The van der Waals surface area contributed by atoms with E-state index in [0.717, 1.165) is 25.0 Å². The van der Waals surface area contributed by atoms with E-state index in [0.29, 0.717) is 37.3 Å². The molecule has 10 heteroatoms. The minimum Gasteiger partial charge on any atom is -0.484 e. The summed E-state index contributed by atoms with van der Waals surface area (Å²) < 4.78 is 11.8. The van der Waals surface area contributed by atoms with E-state index < -0.39 is 0 Å². The third-order valence-electron chi connectivity index (χ3n) is 5.01. The second-order valence-corrected chi connectivity index (χ2v) is 9.98. The number of carbonyl (C=O) groups is 2. The lowest BCUT2D eigenvalue weighted by Crippen LogP contribution is -2.35. The Morgan fingerprint density at radius 2 is 2.15 bits per heavy atom. The zero-order valence-electron chi connectivity index (χ0n) is 17.4. The number of thiocarbonyl (C=S) groups is 1. The normalized spacial score (nSPS) is 19.4. The summed E-state index contributed by atoms with van der Waals surface area (Å²) in [5.74, 6) is 0.0154. The van der Waals surface area contributed by atoms with E-state index in [1.165, 1.54) is 11.8 Å². The first-order valence-electron chi connectivity index (χ1n) is 10.2. The van der Waals surface area contributed by atoms with Crippen LogP contribution in [0.5, 0.6) is 5.75 Å². The number of thioether (sulfide) groups is 1. The molecule has 0 radical (unpaired) electrons. The number of nitrogens with one attached hydrogen (secondary N) is 1. The van der Waals surface area contributed by atoms with Crippen molar-refractivity contribution in [1.29, 1.82) is 0 Å². The van der Waals surface area contributed by atoms with Crippen molar-refractivity contribution in [3.8, 4) is 5.75 Å². The molecule has 2 saturated heterocycles. The minimum absolute atomic E-state index is 0.0393. The Labute approximate surface area is 211 Å². The van der Waals surface area contributed by atoms with Gasteiger partial charge in [-0.05, 0) is 54.8 Å². The van der Waals surface area contributed by atoms with Crippen LogP contribution < -0.4 is 10.1 Å². The summed E-state index contributed by atoms with van der Waals surface area (Å²) in [5, 5.41) is 3.51. The van der Waals surface area contributed by atoms with Crippen LogP contribution in [0.1, 0.15) is 18.4 Å². The number of ether oxygens (including phenoxy) is 2. The largest absolute Gasteiger partial charge is 0.484 e. The summed E-state index contributed by atoms with van der Waals surface area (Å²) in [5.41, 5.74) is 1.22. The molecule has 0 aromatic heterocycles. The maximum Gasteiger partial charge on any atom is 0.266 e. The number of rotatable bonds is 7. The van der Waals surface area contributed by atoms with Crippen LogP contribution >= 0.6 is 47.2 Å². The van der Waals surface area contributed by atoms with Gasteiger partial charge in [0, 0.05) is 11.6 Å². The Balaban J connectivity index is 1.36. The lowest BCUT2D eigenvalue weighted by atomic mass is 10.2. The van der Waals surface area contributed by atoms with E-state index in [2.05, 4.69) is 5.32 Å². The smallest absolute Gasteiger partial charge is 0.266 e. The molecule has 0 unspecified atom stereocenters. The summed E-state index contributed by atoms with van der Waals surface area (Å²) in [7, 11) is 0. The molecule has 2 fully saturated rings. The molecule has 6 nitrogen and oxygen atoms in total. The van der Waals surface area contributed by atoms with E-state index in [-0.39, 0.29) is 24.5 Å². The highest BCUT2D eigenvalue weighted by molar-refractivity contribution is 8.26. The fourth-order valence-electron chi connectivity index (χ4n) is 3.42. The maximum absolute atomic E-state index is 12.8. The Morgan fingerprint density at radius 3 is 2.91 bits per heavy atom. The highest BCUT2D eigenvalue weighted by Gasteiger charge is 2.34. The molecule has 2 aromatic rings. The van der Waals surface area contributed by atoms with Crippen molar-refractivity contribution in [1.82, 2.24) is 4.90 Å². The molecule has 0 saturated carbocycles. The highest BCUT2D eigenvalue weighted by atomic mass is 35.5. The highest BCUT2D eigenvalue weighted by Crippen LogP contribution is 2.34. The predicted molar refractivity (Wildman–Crippen MR) is 136 cm³/mol. The number of amides is 2. The fraction of sp³-hybridized carbons (Fsp3) is 0.261. The van der Waals surface area contributed by atoms with E-state index in [1.54, 1.807) is 47.4 Å². The van der Waals surface area contributed by atoms with Gasteiger partial charge in [-0.2, -0.15) is 0 Å². The van der Waals surface area contributed by atoms with E-state index in [9.17, 15) is 9.59 Å². The van der Waals surface area contributed by atoms with Crippen molar-refractivity contribution >= 4 is 75.1 Å². The molecule has 2 amide bonds. The molecular weight excluding hydrogens is 503 g/mol. The Bertz CT molecular complexity index is 1120. The van der Waals surface area contributed by atoms with E-state index in [1.807, 2.05) is 6.07 Å². The molecule has 33 heavy (non-hydrogen) atoms. The number of halogens is 2. The topological polar surface area (TPSA) is 67.9 Å². The summed E-state index contributed by atoms with van der Waals surface area (Å²) in [6.45, 7) is 1.01. The second-order valence-electron chi connectivity index (χ2n) is 7.46. The fourth-order valence-corrected chi connectivity index (χ4v) is 5.15. The van der Waals surface area contributed by atoms with Gasteiger partial charge in [0.2, 0.25) is 0 Å². The van der Waals surface area contributed by atoms with Gasteiger partial charge in [-0.25, -0.2) is 0 Å². The SMILES string of the molecule is O=C(COc1cccc(/C=C2\SC(=S)N(C[C@@H]3CCCO3)C2=O)c1)Nc1ccc(Cl)cc1Cl. The molecule has 2 heterocycles. The first kappa shape index (κ1) is 24.0. The summed E-state index contributed by atoms with van der Waals surface area (Å²) in [6.07, 6.45) is 3.76. The van der Waals surface area contributed by atoms with Crippen molar-refractivity contribution in [2.75, 3.05) is 25.1 Å². The number of nitrogens with zero attached hydrogens (tertiary/aromatic N) is 1. The maximum atomic E-state index is 12.8. The standard InChI is InChI=1S/C23H20Cl2N2O4S2/c24-15-6-7-19(18(25)11-15)26-21(28)13-31-16-4-1-3-14(9-16)10-20-22(29)27(23(32)33-20)12-17-5-2-8-30-17/h1,3-4,6-7,9-11,17H,2,5,8,12-13H2,(H,26,28)/b20-10-/t17-/m0/s1. The van der Waals surface area contributed by atoms with Gasteiger partial charge in [-0.15, -0.1) is 0 Å². The van der Waals surface area contributed by atoms with Crippen LogP contribution in [0.15, 0.2) is 47.4 Å². The summed E-state index contributed by atoms with van der Waals surface area (Å²) in [6, 6.07) is 12.0. The third kappa shape index (κ3) is 6.28. The van der Waals surface area contributed by atoms with Gasteiger partial charge in [-0.3, -0.25) is 14.5 Å². The molecule has 4 rings (SSSR count). The molecule has 0 bridgehead atoms. The van der Waals surface area contributed by atoms with E-state index >= 15 is 0 Å². The molecule has 2 aliphatic rings. The molecule has 2 aromatic carbocycles. The quantitative estimate of drug-likeness (QED) is 0.388. The van der Waals surface area contributed by atoms with Gasteiger partial charge < -0.3 is 14.8 Å². The third-order valence-corrected chi connectivity index (χ3v) is 6.94. The summed E-state index contributed by atoms with van der Waals surface area (Å²) >= 11 is 18.6. The number of benzene rings is 2. The van der Waals surface area contributed by atoms with Crippen molar-refractivity contribution in [2.45, 2.75) is 18.9 Å². The van der Waals surface area contributed by atoms with Crippen LogP contribution in [0.25, 0.3) is 6.08 Å². The van der Waals surface area contributed by atoms with Crippen LogP contribution in [0.3, 0.4) is 0 Å². The second kappa shape index (κ2) is 10.9. The first-order chi connectivity index (χ1) is 15.9. The molecule has 1 atom stereocenters. The average Bonchev–Trinajstić information content (AvgIpc) is 3.39. The molecule has 0 spiro atoms. The average molecular weight is 523 g/mol. The minimum atomic E-state index is -0.361. The Kier molecular flexibility index (Phi) is 7.93. The predicted octanol–water partition coefficient (Wildman–Crippen LogP) is 5.39. The molecule has 1 N–H and O–H groups in total. The Hall–Kier alpha value is -2.10. The van der Waals surface area contributed by atoms with Gasteiger partial charge in [0.05, 0.1) is 28.3 Å². The number of hydrogen-bond acceptors (Lipinski definition) is 6. The lowest BCUT2D eigenvalue weighted by Gasteiger charge is -2.18. The van der Waals surface area contributed by atoms with Crippen LogP contribution in [0, 0.1) is 0 Å². The van der Waals surface area contributed by atoms with Crippen LogP contribution in [0.2, 0.25) is 10.0 Å². The zero-order valence-corrected chi connectivity index (χ0v) is 20.5. The molecule has 172 valence electrons. The Morgan fingerprint density at radius 1 is 1.30 bits per heavy atom. The van der Waals surface area contributed by atoms with Crippen LogP contribution in [-0.2, 0) is 14.3 Å². The van der Waals surface area contributed by atoms with Gasteiger partial charge in [-0.1, -0.05) is 59.3 Å². The van der Waals surface area contributed by atoms with Crippen LogP contribution in [0.4, 0.5) is 5.69 Å². The lowest BCUT2D eigenvalue weighted by molar-refractivity contribution is -0.123. The van der Waals surface area contributed by atoms with Crippen molar-refractivity contribution in [3.63, 3.8) is 0 Å². The number of carbonyl (C=O) groups excluding carboxylic acids is 2. The van der Waals surface area contributed by atoms with Crippen molar-refractivity contribution < 1.29 is 19.1 Å². The molecular formula is C23H20Cl2N2O4S2. The van der Waals surface area contributed by atoms with Gasteiger partial charge in [0.1, 0.15) is 10.1 Å². The monoisotopic (exact) mass is 522 g/mol. The molecule has 0 aliphatic carbocycles. The van der Waals surface area contributed by atoms with Gasteiger partial charge in [0.15, 0.2) is 6.61 Å². The van der Waals surface area contributed by atoms with Crippen molar-refractivity contribution in [2.24, 2.45) is 0 Å². The van der Waals surface area contributed by atoms with Crippen molar-refractivity contribution in [3.05, 3.63) is 63.0 Å². The van der Waals surface area contributed by atoms with Gasteiger partial charge >= 0.3 is 0 Å². The summed E-state index contributed by atoms with van der Waals surface area (Å²) in [4.78, 5) is 27.2. The zero-order chi connectivity index (χ0) is 23.4. The number of anilines is 1. The van der Waals surface area contributed by atoms with Gasteiger partial charge in [0.25, 0.3) is 11.8 Å². The number of hydrogen-bond donors (Lipinski definition) is 1.